The maximum Gasteiger partial charge on any atom is 0.319 e. The summed E-state index contributed by atoms with van der Waals surface area (Å²) in [5.74, 6) is -1.31. The first-order valence-electron chi connectivity index (χ1n) is 6.91. The van der Waals surface area contributed by atoms with Crippen LogP contribution in [0.25, 0.3) is 0 Å². The third kappa shape index (κ3) is 4.49. The highest BCUT2D eigenvalue weighted by molar-refractivity contribution is 5.98. The number of amides is 1. The van der Waals surface area contributed by atoms with E-state index in [1.807, 2.05) is 20.8 Å². The predicted molar refractivity (Wildman–Crippen MR) is 71.6 cm³/mol. The van der Waals surface area contributed by atoms with Gasteiger partial charge >= 0.3 is 5.97 Å². The number of carbonyl (C=O) groups excluding carboxylic acids is 2. The summed E-state index contributed by atoms with van der Waals surface area (Å²) in [6.45, 7) is 10.1. The van der Waals surface area contributed by atoms with Gasteiger partial charge in [-0.3, -0.25) is 9.59 Å². The Morgan fingerprint density at radius 2 is 1.95 bits per heavy atom. The lowest BCUT2D eigenvalue weighted by atomic mass is 9.79. The van der Waals surface area contributed by atoms with Gasteiger partial charge in [-0.1, -0.05) is 20.8 Å². The van der Waals surface area contributed by atoms with Gasteiger partial charge in [0.15, 0.2) is 0 Å². The van der Waals surface area contributed by atoms with Crippen molar-refractivity contribution in [2.45, 2.75) is 34.1 Å². The molecule has 1 aliphatic heterocycles. The maximum absolute atomic E-state index is 12.6. The number of hydrogen-bond donors (Lipinski definition) is 0. The molecular formula is C14H25NO4. The molecule has 1 rings (SSSR count). The lowest BCUT2D eigenvalue weighted by Gasteiger charge is -2.32. The molecular weight excluding hydrogens is 246 g/mol. The normalized spacial score (nSPS) is 18.6. The summed E-state index contributed by atoms with van der Waals surface area (Å²) < 4.78 is 10.4. The molecule has 1 heterocycles. The standard InChI is InChI=1S/C14H25NO4/c1-5-19-13(17)11(14(2,3)4)12(16)15-7-6-9-18-10-8-15/h11H,5-10H2,1-4H3. The maximum atomic E-state index is 12.6. The molecule has 0 spiro atoms. The number of carbonyl (C=O) groups is 2. The summed E-state index contributed by atoms with van der Waals surface area (Å²) in [6.07, 6.45) is 0.811. The number of ether oxygens (including phenoxy) is 2. The van der Waals surface area contributed by atoms with Gasteiger partial charge in [-0.25, -0.2) is 0 Å². The fourth-order valence-corrected chi connectivity index (χ4v) is 2.20. The second kappa shape index (κ2) is 6.89. The first kappa shape index (κ1) is 16.0. The quantitative estimate of drug-likeness (QED) is 0.576. The van der Waals surface area contributed by atoms with Crippen molar-refractivity contribution in [2.75, 3.05) is 32.9 Å². The van der Waals surface area contributed by atoms with Crippen molar-refractivity contribution in [1.82, 2.24) is 4.90 Å². The van der Waals surface area contributed by atoms with E-state index in [0.29, 0.717) is 32.9 Å². The molecule has 0 aromatic carbocycles. The van der Waals surface area contributed by atoms with Crippen molar-refractivity contribution in [1.29, 1.82) is 0 Å². The van der Waals surface area contributed by atoms with Crippen LogP contribution >= 0.6 is 0 Å². The molecule has 1 atom stereocenters. The Morgan fingerprint density at radius 3 is 2.53 bits per heavy atom. The Labute approximate surface area is 115 Å². The van der Waals surface area contributed by atoms with Crippen LogP contribution in [-0.4, -0.2) is 49.7 Å². The lowest BCUT2D eigenvalue weighted by Crippen LogP contribution is -2.46. The third-order valence-electron chi connectivity index (χ3n) is 3.17. The zero-order chi connectivity index (χ0) is 14.5. The van der Waals surface area contributed by atoms with Crippen LogP contribution < -0.4 is 0 Å². The minimum absolute atomic E-state index is 0.142. The molecule has 1 unspecified atom stereocenters. The second-order valence-corrected chi connectivity index (χ2v) is 5.84. The highest BCUT2D eigenvalue weighted by Gasteiger charge is 2.41. The molecule has 1 aliphatic rings. The molecule has 0 aromatic rings. The summed E-state index contributed by atoms with van der Waals surface area (Å²) in [5, 5.41) is 0. The summed E-state index contributed by atoms with van der Waals surface area (Å²) in [5.41, 5.74) is -0.448. The monoisotopic (exact) mass is 271 g/mol. The van der Waals surface area contributed by atoms with Gasteiger partial charge in [-0.15, -0.1) is 0 Å². The lowest BCUT2D eigenvalue weighted by molar-refractivity contribution is -0.160. The van der Waals surface area contributed by atoms with E-state index in [4.69, 9.17) is 9.47 Å². The van der Waals surface area contributed by atoms with Crippen LogP contribution in [0, 0.1) is 11.3 Å². The van der Waals surface area contributed by atoms with Crippen LogP contribution in [0.5, 0.6) is 0 Å². The van der Waals surface area contributed by atoms with Crippen LogP contribution in [0.2, 0.25) is 0 Å². The average molecular weight is 271 g/mol. The van der Waals surface area contributed by atoms with E-state index in [-0.39, 0.29) is 5.91 Å². The Morgan fingerprint density at radius 1 is 1.26 bits per heavy atom. The number of esters is 1. The van der Waals surface area contributed by atoms with Crippen LogP contribution in [0.15, 0.2) is 0 Å². The number of nitrogens with zero attached hydrogens (tertiary/aromatic N) is 1. The Kier molecular flexibility index (Phi) is 5.79. The van der Waals surface area contributed by atoms with Crippen LogP contribution in [-0.2, 0) is 19.1 Å². The molecule has 1 saturated heterocycles. The van der Waals surface area contributed by atoms with Crippen molar-refractivity contribution in [3.8, 4) is 0 Å². The first-order valence-corrected chi connectivity index (χ1v) is 6.91. The minimum atomic E-state index is -0.745. The third-order valence-corrected chi connectivity index (χ3v) is 3.17. The molecule has 19 heavy (non-hydrogen) atoms. The zero-order valence-corrected chi connectivity index (χ0v) is 12.4. The molecule has 0 aromatic heterocycles. The van der Waals surface area contributed by atoms with Crippen molar-refractivity contribution in [3.05, 3.63) is 0 Å². The van der Waals surface area contributed by atoms with E-state index in [1.54, 1.807) is 11.8 Å². The minimum Gasteiger partial charge on any atom is -0.465 e. The fraction of sp³-hybridized carbons (Fsp3) is 0.857. The smallest absolute Gasteiger partial charge is 0.319 e. The van der Waals surface area contributed by atoms with E-state index in [2.05, 4.69) is 0 Å². The summed E-state index contributed by atoms with van der Waals surface area (Å²) in [7, 11) is 0. The van der Waals surface area contributed by atoms with E-state index < -0.39 is 17.3 Å². The van der Waals surface area contributed by atoms with Gasteiger partial charge in [0.05, 0.1) is 13.2 Å². The molecule has 5 heteroatoms. The molecule has 0 N–H and O–H groups in total. The predicted octanol–water partition coefficient (Wildman–Crippen LogP) is 1.46. The van der Waals surface area contributed by atoms with Gasteiger partial charge in [-0.05, 0) is 18.8 Å². The molecule has 1 fully saturated rings. The topological polar surface area (TPSA) is 55.8 Å². The molecule has 1 amide bonds. The highest BCUT2D eigenvalue weighted by atomic mass is 16.5. The summed E-state index contributed by atoms with van der Waals surface area (Å²) >= 11 is 0. The van der Waals surface area contributed by atoms with Crippen molar-refractivity contribution >= 4 is 11.9 Å². The molecule has 0 saturated carbocycles. The second-order valence-electron chi connectivity index (χ2n) is 5.84. The van der Waals surface area contributed by atoms with Gasteiger partial charge in [0, 0.05) is 19.7 Å². The van der Waals surface area contributed by atoms with Crippen LogP contribution in [0.4, 0.5) is 0 Å². The molecule has 0 radical (unpaired) electrons. The summed E-state index contributed by atoms with van der Waals surface area (Å²) in [6, 6.07) is 0. The Bertz CT molecular complexity index is 314. The van der Waals surface area contributed by atoms with Gasteiger partial charge < -0.3 is 14.4 Å². The van der Waals surface area contributed by atoms with Gasteiger partial charge in [0.2, 0.25) is 5.91 Å². The Hall–Kier alpha value is -1.10. The van der Waals surface area contributed by atoms with Crippen LogP contribution in [0.1, 0.15) is 34.1 Å². The number of hydrogen-bond acceptors (Lipinski definition) is 4. The van der Waals surface area contributed by atoms with Gasteiger partial charge in [0.25, 0.3) is 0 Å². The first-order chi connectivity index (χ1) is 8.88. The zero-order valence-electron chi connectivity index (χ0n) is 12.4. The Balaban J connectivity index is 2.84. The van der Waals surface area contributed by atoms with E-state index in [1.165, 1.54) is 0 Å². The SMILES string of the molecule is CCOC(=O)C(C(=O)N1CCCOCC1)C(C)(C)C. The van der Waals surface area contributed by atoms with Crippen molar-refractivity contribution in [2.24, 2.45) is 11.3 Å². The fourth-order valence-electron chi connectivity index (χ4n) is 2.20. The number of rotatable bonds is 3. The van der Waals surface area contributed by atoms with E-state index in [0.717, 1.165) is 6.42 Å². The van der Waals surface area contributed by atoms with Crippen LogP contribution in [0.3, 0.4) is 0 Å². The average Bonchev–Trinajstić information content (AvgIpc) is 2.55. The largest absolute Gasteiger partial charge is 0.465 e. The highest BCUT2D eigenvalue weighted by Crippen LogP contribution is 2.29. The van der Waals surface area contributed by atoms with Crippen molar-refractivity contribution < 1.29 is 19.1 Å². The van der Waals surface area contributed by atoms with Crippen molar-refractivity contribution in [3.63, 3.8) is 0 Å². The van der Waals surface area contributed by atoms with Gasteiger partial charge in [-0.2, -0.15) is 0 Å². The van der Waals surface area contributed by atoms with Gasteiger partial charge in [0.1, 0.15) is 5.92 Å². The van der Waals surface area contributed by atoms with E-state index >= 15 is 0 Å². The summed E-state index contributed by atoms with van der Waals surface area (Å²) in [4.78, 5) is 26.4. The van der Waals surface area contributed by atoms with E-state index in [9.17, 15) is 9.59 Å². The molecule has 0 aliphatic carbocycles. The molecule has 0 bridgehead atoms. The molecule has 110 valence electrons. The molecule has 5 nitrogen and oxygen atoms in total.